The number of fused-ring (bicyclic) bond motifs is 1. The average Bonchev–Trinajstić information content (AvgIpc) is 3.37. The van der Waals surface area contributed by atoms with Crippen molar-refractivity contribution in [2.75, 3.05) is 14.2 Å². The average molecular weight is 470 g/mol. The van der Waals surface area contributed by atoms with Crippen LogP contribution in [0, 0.1) is 10.1 Å². The number of ether oxygens (including phenoxy) is 2. The maximum atomic E-state index is 13.3. The molecule has 0 saturated heterocycles. The van der Waals surface area contributed by atoms with Crippen molar-refractivity contribution in [3.05, 3.63) is 98.3 Å². The Kier molecular flexibility index (Phi) is 5.66. The quantitative estimate of drug-likeness (QED) is 0.315. The van der Waals surface area contributed by atoms with Gasteiger partial charge in [0.1, 0.15) is 11.5 Å². The summed E-state index contributed by atoms with van der Waals surface area (Å²) in [6.45, 7) is 0. The maximum absolute atomic E-state index is 13.3. The van der Waals surface area contributed by atoms with Gasteiger partial charge in [-0.05, 0) is 23.8 Å². The molecule has 0 unspecified atom stereocenters. The van der Waals surface area contributed by atoms with Gasteiger partial charge >= 0.3 is 0 Å². The SMILES string of the molecule is COc1ccc([C@H]2CC(c3c(-c4ccccc4)c4cc([N+](=O)[O-])ccc4[nH]c3=O)=NN2)c(OC)c1. The molecule has 0 saturated carbocycles. The summed E-state index contributed by atoms with van der Waals surface area (Å²) in [7, 11) is 3.17. The third-order valence-corrected chi connectivity index (χ3v) is 6.13. The number of aromatic amines is 1. The Morgan fingerprint density at radius 2 is 1.80 bits per heavy atom. The first-order valence-corrected chi connectivity index (χ1v) is 10.9. The fourth-order valence-corrected chi connectivity index (χ4v) is 4.46. The van der Waals surface area contributed by atoms with E-state index in [0.29, 0.717) is 45.7 Å². The number of rotatable bonds is 6. The summed E-state index contributed by atoms with van der Waals surface area (Å²) in [4.78, 5) is 27.3. The molecular weight excluding hydrogens is 448 g/mol. The van der Waals surface area contributed by atoms with E-state index < -0.39 is 4.92 Å². The molecule has 4 aromatic rings. The third kappa shape index (κ3) is 3.97. The monoisotopic (exact) mass is 470 g/mol. The van der Waals surface area contributed by atoms with Crippen molar-refractivity contribution >= 4 is 22.3 Å². The van der Waals surface area contributed by atoms with Crippen molar-refractivity contribution < 1.29 is 14.4 Å². The highest BCUT2D eigenvalue weighted by molar-refractivity contribution is 6.12. The molecule has 0 amide bonds. The number of pyridine rings is 1. The van der Waals surface area contributed by atoms with E-state index >= 15 is 0 Å². The molecule has 2 N–H and O–H groups in total. The molecule has 0 bridgehead atoms. The van der Waals surface area contributed by atoms with Gasteiger partial charge in [-0.15, -0.1) is 0 Å². The summed E-state index contributed by atoms with van der Waals surface area (Å²) in [5, 5.41) is 16.6. The van der Waals surface area contributed by atoms with Crippen LogP contribution in [0.5, 0.6) is 11.5 Å². The number of benzene rings is 3. The fraction of sp³-hybridized carbons (Fsp3) is 0.154. The Hall–Kier alpha value is -4.66. The summed E-state index contributed by atoms with van der Waals surface area (Å²) in [6, 6.07) is 19.1. The van der Waals surface area contributed by atoms with Crippen LogP contribution in [0.25, 0.3) is 22.0 Å². The predicted molar refractivity (Wildman–Crippen MR) is 133 cm³/mol. The zero-order valence-electron chi connectivity index (χ0n) is 19.1. The van der Waals surface area contributed by atoms with Gasteiger partial charge in [-0.1, -0.05) is 30.3 Å². The van der Waals surface area contributed by atoms with E-state index in [1.807, 2.05) is 42.5 Å². The largest absolute Gasteiger partial charge is 0.497 e. The number of non-ortho nitro benzene ring substituents is 1. The molecule has 1 aromatic heterocycles. The molecule has 0 aliphatic carbocycles. The lowest BCUT2D eigenvalue weighted by atomic mass is 9.91. The van der Waals surface area contributed by atoms with Gasteiger partial charge in [0.25, 0.3) is 11.2 Å². The minimum atomic E-state index is -0.445. The number of nitrogens with zero attached hydrogens (tertiary/aromatic N) is 2. The first-order valence-electron chi connectivity index (χ1n) is 10.9. The van der Waals surface area contributed by atoms with Crippen LogP contribution in [-0.2, 0) is 0 Å². The number of nitrogens with one attached hydrogen (secondary N) is 2. The van der Waals surface area contributed by atoms with Gasteiger partial charge in [0, 0.05) is 46.6 Å². The lowest BCUT2D eigenvalue weighted by Gasteiger charge is -2.16. The number of aromatic nitrogens is 1. The smallest absolute Gasteiger partial charge is 0.270 e. The highest BCUT2D eigenvalue weighted by Gasteiger charge is 2.29. The van der Waals surface area contributed by atoms with E-state index in [4.69, 9.17) is 9.47 Å². The van der Waals surface area contributed by atoms with E-state index in [9.17, 15) is 14.9 Å². The van der Waals surface area contributed by atoms with Crippen LogP contribution in [0.4, 0.5) is 5.69 Å². The normalized spacial score (nSPS) is 14.9. The summed E-state index contributed by atoms with van der Waals surface area (Å²) in [5.41, 5.74) is 6.46. The Morgan fingerprint density at radius 1 is 1.00 bits per heavy atom. The summed E-state index contributed by atoms with van der Waals surface area (Å²) >= 11 is 0. The zero-order valence-corrected chi connectivity index (χ0v) is 19.1. The second-order valence-electron chi connectivity index (χ2n) is 8.11. The Morgan fingerprint density at radius 3 is 2.51 bits per heavy atom. The molecule has 1 aliphatic rings. The molecule has 1 atom stereocenters. The topological polar surface area (TPSA) is 119 Å². The standard InChI is InChI=1S/C26H22N4O5/c1-34-17-9-10-18(23(13-17)35-2)21-14-22(29-28-21)25-24(15-6-4-3-5-7-15)19-12-16(30(32)33)8-11-20(19)27-26(25)31/h3-13,21,28H,14H2,1-2H3,(H,27,31)/t21-/m1/s1. The van der Waals surface area contributed by atoms with E-state index in [1.54, 1.807) is 26.4 Å². The molecule has 3 aromatic carbocycles. The second kappa shape index (κ2) is 8.94. The first-order chi connectivity index (χ1) is 17.0. The van der Waals surface area contributed by atoms with Gasteiger partial charge in [0.05, 0.1) is 36.5 Å². The minimum absolute atomic E-state index is 0.0555. The van der Waals surface area contributed by atoms with Crippen LogP contribution in [0.2, 0.25) is 0 Å². The maximum Gasteiger partial charge on any atom is 0.270 e. The van der Waals surface area contributed by atoms with Gasteiger partial charge in [-0.2, -0.15) is 5.10 Å². The van der Waals surface area contributed by atoms with Gasteiger partial charge in [-0.3, -0.25) is 14.9 Å². The van der Waals surface area contributed by atoms with Crippen LogP contribution in [0.3, 0.4) is 0 Å². The highest BCUT2D eigenvalue weighted by atomic mass is 16.6. The molecule has 9 heteroatoms. The van der Waals surface area contributed by atoms with Gasteiger partial charge in [0.15, 0.2) is 0 Å². The molecule has 9 nitrogen and oxygen atoms in total. The lowest BCUT2D eigenvalue weighted by Crippen LogP contribution is -2.20. The molecule has 5 rings (SSSR count). The molecule has 0 radical (unpaired) electrons. The van der Waals surface area contributed by atoms with E-state index in [2.05, 4.69) is 15.5 Å². The van der Waals surface area contributed by atoms with Crippen LogP contribution < -0.4 is 20.5 Å². The van der Waals surface area contributed by atoms with Gasteiger partial charge in [0.2, 0.25) is 0 Å². The summed E-state index contributed by atoms with van der Waals surface area (Å²) in [5.74, 6) is 1.31. The second-order valence-corrected chi connectivity index (χ2v) is 8.11. The van der Waals surface area contributed by atoms with Crippen molar-refractivity contribution in [2.45, 2.75) is 12.5 Å². The number of hydrogen-bond donors (Lipinski definition) is 2. The lowest BCUT2D eigenvalue weighted by molar-refractivity contribution is -0.384. The molecule has 1 aliphatic heterocycles. The highest BCUT2D eigenvalue weighted by Crippen LogP contribution is 2.37. The summed E-state index contributed by atoms with van der Waals surface area (Å²) < 4.78 is 10.8. The Balaban J connectivity index is 1.65. The minimum Gasteiger partial charge on any atom is -0.497 e. The molecule has 35 heavy (non-hydrogen) atoms. The van der Waals surface area contributed by atoms with Crippen LogP contribution >= 0.6 is 0 Å². The molecule has 0 spiro atoms. The van der Waals surface area contributed by atoms with Gasteiger partial charge < -0.3 is 19.9 Å². The van der Waals surface area contributed by atoms with E-state index in [-0.39, 0.29) is 17.3 Å². The number of hydrogen-bond acceptors (Lipinski definition) is 7. The van der Waals surface area contributed by atoms with Crippen molar-refractivity contribution in [1.29, 1.82) is 0 Å². The number of nitro groups is 1. The van der Waals surface area contributed by atoms with Crippen molar-refractivity contribution in [3.63, 3.8) is 0 Å². The molecule has 176 valence electrons. The Labute approximate surface area is 200 Å². The number of methoxy groups -OCH3 is 2. The zero-order chi connectivity index (χ0) is 24.5. The number of nitro benzene ring substituents is 1. The van der Waals surface area contributed by atoms with Crippen molar-refractivity contribution in [3.8, 4) is 22.6 Å². The molecule has 0 fully saturated rings. The summed E-state index contributed by atoms with van der Waals surface area (Å²) in [6.07, 6.45) is 0.423. The van der Waals surface area contributed by atoms with Crippen molar-refractivity contribution in [1.82, 2.24) is 10.4 Å². The van der Waals surface area contributed by atoms with E-state index in [1.165, 1.54) is 12.1 Å². The van der Waals surface area contributed by atoms with E-state index in [0.717, 1.165) is 11.1 Å². The van der Waals surface area contributed by atoms with Crippen molar-refractivity contribution in [2.24, 2.45) is 5.10 Å². The molecular formula is C26H22N4O5. The third-order valence-electron chi connectivity index (χ3n) is 6.13. The predicted octanol–water partition coefficient (Wildman–Crippen LogP) is 4.56. The van der Waals surface area contributed by atoms with Crippen LogP contribution in [0.1, 0.15) is 23.6 Å². The van der Waals surface area contributed by atoms with Gasteiger partial charge in [-0.25, -0.2) is 0 Å². The van der Waals surface area contributed by atoms with Crippen LogP contribution in [-0.4, -0.2) is 29.8 Å². The number of H-pyrrole nitrogens is 1. The van der Waals surface area contributed by atoms with Crippen LogP contribution in [0.15, 0.2) is 76.6 Å². The molecule has 2 heterocycles. The number of hydrazone groups is 1. The fourth-order valence-electron chi connectivity index (χ4n) is 4.46. The first kappa shape index (κ1) is 22.1. The Bertz CT molecular complexity index is 1530.